The number of benzene rings is 2. The Morgan fingerprint density at radius 1 is 0.750 bits per heavy atom. The first-order valence-electron chi connectivity index (χ1n) is 20.9. The van der Waals surface area contributed by atoms with Gasteiger partial charge < -0.3 is 33.3 Å². The molecule has 0 aromatic heterocycles. The van der Waals surface area contributed by atoms with Crippen molar-refractivity contribution in [2.45, 2.75) is 166 Å². The number of alkyl halides is 3. The molecule has 3 unspecified atom stereocenters. The first kappa shape index (κ1) is 45.1. The van der Waals surface area contributed by atoms with Crippen LogP contribution >= 0.6 is 0 Å². The smallest absolute Gasteiger partial charge is 0.510 e. The van der Waals surface area contributed by atoms with Crippen molar-refractivity contribution in [2.75, 3.05) is 19.7 Å². The number of carbonyl (C=O) groups excluding carboxylic acids is 3. The molecule has 3 fully saturated rings. The number of carboxylic acids is 1. The topological polar surface area (TPSA) is 111 Å². The molecule has 0 N–H and O–H groups in total. The van der Waals surface area contributed by atoms with Crippen molar-refractivity contribution in [1.29, 1.82) is 0 Å². The number of carboxylic acid groups (broad SMARTS) is 1. The molecular formula is C44H62F3NO8. The zero-order valence-corrected chi connectivity index (χ0v) is 33.3. The Bertz CT molecular complexity index is 1410. The molecule has 2 aromatic rings. The van der Waals surface area contributed by atoms with E-state index in [2.05, 4.69) is 6.92 Å². The van der Waals surface area contributed by atoms with E-state index in [1.807, 2.05) is 67.6 Å². The van der Waals surface area contributed by atoms with E-state index in [9.17, 15) is 22.8 Å². The van der Waals surface area contributed by atoms with Crippen molar-refractivity contribution in [3.05, 3.63) is 71.8 Å². The van der Waals surface area contributed by atoms with E-state index in [1.165, 1.54) is 94.6 Å². The van der Waals surface area contributed by atoms with E-state index in [-0.39, 0.29) is 6.10 Å². The predicted molar refractivity (Wildman–Crippen MR) is 204 cm³/mol. The second kappa shape index (κ2) is 22.3. The van der Waals surface area contributed by atoms with Gasteiger partial charge in [0.05, 0.1) is 31.8 Å². The van der Waals surface area contributed by atoms with E-state index < -0.39 is 36.2 Å². The minimum atomic E-state index is -5.19. The van der Waals surface area contributed by atoms with Gasteiger partial charge in [0.25, 0.3) is 0 Å². The maximum absolute atomic E-state index is 14.7. The van der Waals surface area contributed by atoms with Gasteiger partial charge in [-0.3, -0.25) is 0 Å². The molecule has 5 rings (SSSR count). The fourth-order valence-electron chi connectivity index (χ4n) is 8.92. The highest BCUT2D eigenvalue weighted by Crippen LogP contribution is 2.47. The molecule has 2 bridgehead atoms. The van der Waals surface area contributed by atoms with Gasteiger partial charge in [0.2, 0.25) is 11.9 Å². The molecule has 0 radical (unpaired) electrons. The Balaban J connectivity index is 0.000000908. The number of quaternary nitrogens is 1. The summed E-state index contributed by atoms with van der Waals surface area (Å²) >= 11 is 0. The van der Waals surface area contributed by atoms with Crippen LogP contribution in [0.15, 0.2) is 60.7 Å². The van der Waals surface area contributed by atoms with Crippen LogP contribution in [0.4, 0.5) is 18.0 Å². The van der Waals surface area contributed by atoms with Crippen LogP contribution in [0, 0.1) is 0 Å². The Kier molecular flexibility index (Phi) is 18.0. The molecule has 312 valence electrons. The fraction of sp³-hybridized carbons (Fsp3) is 0.659. The average molecular weight is 790 g/mol. The summed E-state index contributed by atoms with van der Waals surface area (Å²) in [5, 5.41) is 8.78. The van der Waals surface area contributed by atoms with Crippen molar-refractivity contribution >= 4 is 18.1 Å². The molecule has 2 aromatic carbocycles. The zero-order valence-electron chi connectivity index (χ0n) is 33.3. The number of nitrogens with zero attached hydrogens (tertiary/aromatic N) is 1. The largest absolute Gasteiger partial charge is 0.542 e. The number of piperidine rings is 1. The molecule has 9 nitrogen and oxygen atoms in total. The Morgan fingerprint density at radius 2 is 1.21 bits per heavy atom. The van der Waals surface area contributed by atoms with Crippen LogP contribution in [-0.2, 0) is 34.1 Å². The van der Waals surface area contributed by atoms with Crippen molar-refractivity contribution in [3.8, 4) is 0 Å². The van der Waals surface area contributed by atoms with Crippen molar-refractivity contribution in [2.24, 2.45) is 0 Å². The predicted octanol–water partition coefficient (Wildman–Crippen LogP) is 9.29. The third kappa shape index (κ3) is 12.4. The van der Waals surface area contributed by atoms with Gasteiger partial charge in [-0.05, 0) is 17.5 Å². The van der Waals surface area contributed by atoms with E-state index >= 15 is 0 Å². The van der Waals surface area contributed by atoms with E-state index in [0.29, 0.717) is 36.2 Å². The molecule has 56 heavy (non-hydrogen) atoms. The van der Waals surface area contributed by atoms with Gasteiger partial charge in [0, 0.05) is 44.9 Å². The summed E-state index contributed by atoms with van der Waals surface area (Å²) in [5.74, 6) is -3.46. The highest BCUT2D eigenvalue weighted by atomic mass is 19.4. The van der Waals surface area contributed by atoms with Gasteiger partial charge in [-0.25, -0.2) is 9.59 Å². The molecule has 0 amide bonds. The number of unbranched alkanes of at least 4 members (excludes halogenated alkanes) is 10. The van der Waals surface area contributed by atoms with Gasteiger partial charge in [-0.2, -0.15) is 13.2 Å². The maximum atomic E-state index is 14.7. The van der Waals surface area contributed by atoms with Crippen LogP contribution in [0.1, 0.15) is 141 Å². The molecule has 12 heteroatoms. The monoisotopic (exact) mass is 789 g/mol. The Labute approximate surface area is 330 Å². The van der Waals surface area contributed by atoms with Gasteiger partial charge in [-0.15, -0.1) is 0 Å². The number of aliphatic carboxylic acids is 1. The molecule has 0 aliphatic carbocycles. The minimum Gasteiger partial charge on any atom is -0.542 e. The Hall–Kier alpha value is -3.64. The highest BCUT2D eigenvalue weighted by Gasteiger charge is 2.57. The number of ether oxygens (including phenoxy) is 4. The van der Waals surface area contributed by atoms with E-state index in [4.69, 9.17) is 28.8 Å². The fourth-order valence-corrected chi connectivity index (χ4v) is 8.92. The van der Waals surface area contributed by atoms with Gasteiger partial charge >= 0.3 is 18.3 Å². The summed E-state index contributed by atoms with van der Waals surface area (Å²) in [6.07, 6.45) is 13.5. The van der Waals surface area contributed by atoms with Crippen LogP contribution in [0.25, 0.3) is 0 Å². The van der Waals surface area contributed by atoms with Crippen LogP contribution in [0.2, 0.25) is 0 Å². The highest BCUT2D eigenvalue weighted by molar-refractivity contribution is 5.86. The van der Waals surface area contributed by atoms with E-state index in [0.717, 1.165) is 32.1 Å². The summed E-state index contributed by atoms with van der Waals surface area (Å²) < 4.78 is 57.2. The maximum Gasteiger partial charge on any atom is 0.510 e. The summed E-state index contributed by atoms with van der Waals surface area (Å²) in [6, 6.07) is 20.1. The summed E-state index contributed by atoms with van der Waals surface area (Å²) in [5.41, 5.74) is -0.329. The molecular weight excluding hydrogens is 727 g/mol. The number of hydrogen-bond donors (Lipinski definition) is 0. The van der Waals surface area contributed by atoms with Crippen LogP contribution in [0.5, 0.6) is 0 Å². The number of carbonyl (C=O) groups is 3. The first-order chi connectivity index (χ1) is 27.0. The summed E-state index contributed by atoms with van der Waals surface area (Å²) in [4.78, 5) is 36.4. The second-order valence-corrected chi connectivity index (χ2v) is 15.5. The number of halogens is 3. The SMILES string of the molecule is CCCCCCCCCCCCCOC(=O)OC(CC)OC(C(=O)OC1CC2CCC(C1)[N+]21CCCC1)(c1ccccc1)c1ccccc1.O=C([O-])C(F)(F)F. The standard InChI is InChI=1S/C42H62NO6.C2HF3O2/c1-3-5-6-7-8-9-10-11-12-13-22-31-46-41(45)48-39(4-2)49-42(34-23-16-14-17-24-34,35-25-18-15-19-26-35)40(44)47-38-32-36-27-28-37(33-38)43(36)29-20-21-30-43;3-2(4,5)1(6)7/h14-19,23-26,36-39H,3-13,20-22,27-33H2,1-2H3;(H,6,7)/q+1;/p-1. The molecule has 1 spiro atoms. The van der Waals surface area contributed by atoms with Crippen molar-refractivity contribution < 1.29 is 56.1 Å². The third-order valence-corrected chi connectivity index (χ3v) is 11.7. The lowest BCUT2D eigenvalue weighted by Crippen LogP contribution is -2.60. The average Bonchev–Trinajstić information content (AvgIpc) is 3.73. The van der Waals surface area contributed by atoms with Crippen molar-refractivity contribution in [1.82, 2.24) is 0 Å². The number of rotatable bonds is 20. The van der Waals surface area contributed by atoms with Gasteiger partial charge in [0.15, 0.2) is 0 Å². The molecule has 3 atom stereocenters. The van der Waals surface area contributed by atoms with Crippen LogP contribution in [-0.4, -0.2) is 72.9 Å². The lowest BCUT2D eigenvalue weighted by molar-refractivity contribution is -0.956. The first-order valence-corrected chi connectivity index (χ1v) is 20.9. The Morgan fingerprint density at radius 3 is 1.66 bits per heavy atom. The summed E-state index contributed by atoms with van der Waals surface area (Å²) in [6.45, 7) is 6.97. The normalized spacial score (nSPS) is 20.5. The van der Waals surface area contributed by atoms with Gasteiger partial charge in [-0.1, -0.05) is 139 Å². The minimum absolute atomic E-state index is 0.165. The third-order valence-electron chi connectivity index (χ3n) is 11.7. The molecule has 0 saturated carbocycles. The number of hydrogen-bond acceptors (Lipinski definition) is 8. The summed E-state index contributed by atoms with van der Waals surface area (Å²) in [7, 11) is 0. The molecule has 3 saturated heterocycles. The van der Waals surface area contributed by atoms with Crippen molar-refractivity contribution in [3.63, 3.8) is 0 Å². The second-order valence-electron chi connectivity index (χ2n) is 15.5. The zero-order chi connectivity index (χ0) is 40.4. The number of esters is 1. The lowest BCUT2D eigenvalue weighted by Gasteiger charge is -2.47. The lowest BCUT2D eigenvalue weighted by atomic mass is 9.85. The van der Waals surface area contributed by atoms with Gasteiger partial charge in [0.1, 0.15) is 12.1 Å². The molecule has 3 heterocycles. The van der Waals surface area contributed by atoms with Crippen LogP contribution < -0.4 is 5.11 Å². The van der Waals surface area contributed by atoms with E-state index in [1.54, 1.807) is 0 Å². The quantitative estimate of drug-likeness (QED) is 0.0565. The molecule has 3 aliphatic rings. The molecule has 3 aliphatic heterocycles. The van der Waals surface area contributed by atoms with Crippen LogP contribution in [0.3, 0.4) is 0 Å².